The fraction of sp³-hybridized carbons (Fsp3) is 0.667. The largest absolute Gasteiger partial charge is 0.333 e. The van der Waals surface area contributed by atoms with Crippen LogP contribution in [-0.4, -0.2) is 42.1 Å². The summed E-state index contributed by atoms with van der Waals surface area (Å²) in [5.41, 5.74) is 0. The Hall–Kier alpha value is -0.870. The Morgan fingerprint density at radius 3 is 2.92 bits per heavy atom. The zero-order valence-corrected chi connectivity index (χ0v) is 8.62. The van der Waals surface area contributed by atoms with Gasteiger partial charge in [-0.1, -0.05) is 0 Å². The maximum absolute atomic E-state index is 4.27. The lowest BCUT2D eigenvalue weighted by Crippen LogP contribution is -2.20. The van der Waals surface area contributed by atoms with Gasteiger partial charge in [0.2, 0.25) is 0 Å². The van der Waals surface area contributed by atoms with Gasteiger partial charge >= 0.3 is 0 Å². The normalized spacial score (nSPS) is 11.1. The van der Waals surface area contributed by atoms with Crippen LogP contribution in [0.15, 0.2) is 12.4 Å². The van der Waals surface area contributed by atoms with Crippen LogP contribution < -0.4 is 5.32 Å². The van der Waals surface area contributed by atoms with Crippen LogP contribution in [0, 0.1) is 0 Å². The van der Waals surface area contributed by atoms with Gasteiger partial charge in [0.1, 0.15) is 5.82 Å². The van der Waals surface area contributed by atoms with E-state index in [0.29, 0.717) is 0 Å². The zero-order valence-electron chi connectivity index (χ0n) is 8.62. The van der Waals surface area contributed by atoms with Gasteiger partial charge in [0.05, 0.1) is 6.54 Å². The summed E-state index contributed by atoms with van der Waals surface area (Å²) in [6.07, 6.45) is 3.87. The first kappa shape index (κ1) is 10.2. The highest BCUT2D eigenvalue weighted by atomic mass is 15.1. The van der Waals surface area contributed by atoms with Crippen molar-refractivity contribution < 1.29 is 0 Å². The summed E-state index contributed by atoms with van der Waals surface area (Å²) in [5, 5.41) is 3.10. The number of rotatable bonds is 5. The van der Waals surface area contributed by atoms with E-state index in [1.807, 2.05) is 19.4 Å². The smallest absolute Gasteiger partial charge is 0.122 e. The summed E-state index contributed by atoms with van der Waals surface area (Å²) >= 11 is 0. The van der Waals surface area contributed by atoms with Crippen LogP contribution in [-0.2, 0) is 13.1 Å². The molecule has 1 heterocycles. The molecule has 0 saturated carbocycles. The van der Waals surface area contributed by atoms with Crippen LogP contribution in [0.1, 0.15) is 5.82 Å². The van der Waals surface area contributed by atoms with Crippen molar-refractivity contribution in [2.45, 2.75) is 13.1 Å². The molecule has 0 aromatic carbocycles. The quantitative estimate of drug-likeness (QED) is 0.704. The third kappa shape index (κ3) is 3.16. The van der Waals surface area contributed by atoms with E-state index in [1.165, 1.54) is 0 Å². The van der Waals surface area contributed by atoms with Gasteiger partial charge in [-0.15, -0.1) is 0 Å². The molecular formula is C9H18N4. The molecule has 0 unspecified atom stereocenters. The number of likely N-dealkylation sites (N-methyl/N-ethyl adjacent to an activating group) is 1. The second-order valence-electron chi connectivity index (χ2n) is 3.37. The van der Waals surface area contributed by atoms with Crippen molar-refractivity contribution in [1.29, 1.82) is 0 Å². The Morgan fingerprint density at radius 1 is 1.54 bits per heavy atom. The second-order valence-corrected chi connectivity index (χ2v) is 3.37. The highest BCUT2D eigenvalue weighted by Crippen LogP contribution is 1.96. The first-order valence-electron chi connectivity index (χ1n) is 4.53. The number of aromatic nitrogens is 2. The van der Waals surface area contributed by atoms with E-state index in [9.17, 15) is 0 Å². The second kappa shape index (κ2) is 4.99. The summed E-state index contributed by atoms with van der Waals surface area (Å²) in [4.78, 5) is 6.44. The molecule has 0 saturated heterocycles. The van der Waals surface area contributed by atoms with E-state index in [1.54, 1.807) is 0 Å². The molecule has 4 nitrogen and oxygen atoms in total. The molecule has 0 aliphatic heterocycles. The van der Waals surface area contributed by atoms with Crippen molar-refractivity contribution in [3.8, 4) is 0 Å². The lowest BCUT2D eigenvalue weighted by molar-refractivity contribution is 0.380. The Kier molecular flexibility index (Phi) is 3.92. The van der Waals surface area contributed by atoms with Crippen molar-refractivity contribution in [3.05, 3.63) is 18.2 Å². The standard InChI is InChI=1S/C9H18N4/c1-10-8-9-11-4-5-13(9)7-6-12(2)3/h4-5,10H,6-8H2,1-3H3. The van der Waals surface area contributed by atoms with Crippen LogP contribution in [0.25, 0.3) is 0 Å². The monoisotopic (exact) mass is 182 g/mol. The molecule has 74 valence electrons. The predicted molar refractivity (Wildman–Crippen MR) is 53.5 cm³/mol. The van der Waals surface area contributed by atoms with E-state index in [4.69, 9.17) is 0 Å². The predicted octanol–water partition coefficient (Wildman–Crippen LogP) is 0.164. The minimum absolute atomic E-state index is 0.834. The molecule has 0 radical (unpaired) electrons. The Morgan fingerprint density at radius 2 is 2.31 bits per heavy atom. The number of hydrogen-bond acceptors (Lipinski definition) is 3. The fourth-order valence-corrected chi connectivity index (χ4v) is 1.18. The van der Waals surface area contributed by atoms with Crippen molar-refractivity contribution in [2.75, 3.05) is 27.7 Å². The van der Waals surface area contributed by atoms with E-state index >= 15 is 0 Å². The SMILES string of the molecule is CNCc1nccn1CCN(C)C. The first-order chi connectivity index (χ1) is 6.24. The summed E-state index contributed by atoms with van der Waals surface area (Å²) < 4.78 is 2.18. The molecule has 0 fully saturated rings. The van der Waals surface area contributed by atoms with Gasteiger partial charge in [-0.25, -0.2) is 4.98 Å². The molecule has 1 N–H and O–H groups in total. The van der Waals surface area contributed by atoms with Gasteiger partial charge in [-0.05, 0) is 21.1 Å². The molecule has 0 aliphatic carbocycles. The molecule has 13 heavy (non-hydrogen) atoms. The van der Waals surface area contributed by atoms with Gasteiger partial charge < -0.3 is 14.8 Å². The van der Waals surface area contributed by atoms with Crippen molar-refractivity contribution in [2.24, 2.45) is 0 Å². The number of hydrogen-bond donors (Lipinski definition) is 1. The molecular weight excluding hydrogens is 164 g/mol. The van der Waals surface area contributed by atoms with Crippen LogP contribution in [0.3, 0.4) is 0 Å². The summed E-state index contributed by atoms with van der Waals surface area (Å²) in [7, 11) is 6.09. The Bertz CT molecular complexity index is 242. The van der Waals surface area contributed by atoms with E-state index < -0.39 is 0 Å². The van der Waals surface area contributed by atoms with Gasteiger partial charge in [0.25, 0.3) is 0 Å². The van der Waals surface area contributed by atoms with Gasteiger partial charge in [0.15, 0.2) is 0 Å². The Balaban J connectivity index is 2.49. The summed E-state index contributed by atoms with van der Waals surface area (Å²) in [6.45, 7) is 2.89. The number of nitrogens with zero attached hydrogens (tertiary/aromatic N) is 3. The molecule has 1 aromatic heterocycles. The number of imidazole rings is 1. The highest BCUT2D eigenvalue weighted by Gasteiger charge is 2.00. The first-order valence-corrected chi connectivity index (χ1v) is 4.53. The molecule has 0 amide bonds. The van der Waals surface area contributed by atoms with Crippen molar-refractivity contribution in [3.63, 3.8) is 0 Å². The maximum Gasteiger partial charge on any atom is 0.122 e. The third-order valence-corrected chi connectivity index (χ3v) is 1.92. The van der Waals surface area contributed by atoms with Crippen molar-refractivity contribution >= 4 is 0 Å². The lowest BCUT2D eigenvalue weighted by Gasteiger charge is -2.11. The van der Waals surface area contributed by atoms with Gasteiger partial charge in [-0.2, -0.15) is 0 Å². The third-order valence-electron chi connectivity index (χ3n) is 1.92. The van der Waals surface area contributed by atoms with E-state index in [-0.39, 0.29) is 0 Å². The molecule has 1 aromatic rings. The van der Waals surface area contributed by atoms with E-state index in [0.717, 1.165) is 25.5 Å². The van der Waals surface area contributed by atoms with E-state index in [2.05, 4.69) is 33.9 Å². The molecule has 0 spiro atoms. The van der Waals surface area contributed by atoms with Crippen LogP contribution >= 0.6 is 0 Å². The lowest BCUT2D eigenvalue weighted by atomic mass is 10.5. The molecule has 4 heteroatoms. The molecule has 1 rings (SSSR count). The molecule has 0 aliphatic rings. The van der Waals surface area contributed by atoms with Crippen LogP contribution in [0.4, 0.5) is 0 Å². The van der Waals surface area contributed by atoms with Crippen LogP contribution in [0.5, 0.6) is 0 Å². The zero-order chi connectivity index (χ0) is 9.68. The van der Waals surface area contributed by atoms with Crippen molar-refractivity contribution in [1.82, 2.24) is 19.8 Å². The molecule has 0 atom stereocenters. The minimum atomic E-state index is 0.834. The highest BCUT2D eigenvalue weighted by molar-refractivity contribution is 4.91. The minimum Gasteiger partial charge on any atom is -0.333 e. The average Bonchev–Trinajstić information content (AvgIpc) is 2.49. The maximum atomic E-state index is 4.27. The summed E-state index contributed by atoms with van der Waals surface area (Å²) in [6, 6.07) is 0. The van der Waals surface area contributed by atoms with Gasteiger partial charge in [0, 0.05) is 25.5 Å². The number of nitrogens with one attached hydrogen (secondary N) is 1. The van der Waals surface area contributed by atoms with Gasteiger partial charge in [-0.3, -0.25) is 0 Å². The molecule has 0 bridgehead atoms. The fourth-order valence-electron chi connectivity index (χ4n) is 1.18. The summed E-state index contributed by atoms with van der Waals surface area (Å²) in [5.74, 6) is 1.10. The Labute approximate surface area is 79.6 Å². The average molecular weight is 182 g/mol. The van der Waals surface area contributed by atoms with Crippen LogP contribution in [0.2, 0.25) is 0 Å². The topological polar surface area (TPSA) is 33.1 Å².